The van der Waals surface area contributed by atoms with E-state index in [-0.39, 0.29) is 5.56 Å². The fourth-order valence-corrected chi connectivity index (χ4v) is 1.43. The first-order valence-electron chi connectivity index (χ1n) is 4.90. The second kappa shape index (κ2) is 4.17. The Bertz CT molecular complexity index is 633. The highest BCUT2D eigenvalue weighted by Gasteiger charge is 2.09. The summed E-state index contributed by atoms with van der Waals surface area (Å²) in [5.74, 6) is -0.159. The van der Waals surface area contributed by atoms with Gasteiger partial charge in [-0.05, 0) is 19.1 Å². The molecule has 2 rings (SSSR count). The van der Waals surface area contributed by atoms with Crippen molar-refractivity contribution in [3.05, 3.63) is 46.3 Å². The molecular weight excluding hydrogens is 220 g/mol. The van der Waals surface area contributed by atoms with Crippen molar-refractivity contribution >= 4 is 5.91 Å². The molecule has 0 aliphatic rings. The molecule has 0 bridgehead atoms. The zero-order valence-corrected chi connectivity index (χ0v) is 9.10. The number of carbonyl (C=O) groups excluding carboxylic acids is 1. The molecule has 3 N–H and O–H groups in total. The van der Waals surface area contributed by atoms with E-state index in [1.54, 1.807) is 19.2 Å². The molecule has 2 heterocycles. The van der Waals surface area contributed by atoms with Gasteiger partial charge in [-0.3, -0.25) is 9.59 Å². The van der Waals surface area contributed by atoms with Crippen LogP contribution in [-0.2, 0) is 0 Å². The van der Waals surface area contributed by atoms with Crippen molar-refractivity contribution in [2.45, 2.75) is 6.92 Å². The van der Waals surface area contributed by atoms with Gasteiger partial charge >= 0.3 is 0 Å². The summed E-state index contributed by atoms with van der Waals surface area (Å²) in [6.07, 6.45) is 3.09. The maximum absolute atomic E-state index is 11.3. The van der Waals surface area contributed by atoms with E-state index in [1.165, 1.54) is 12.3 Å². The number of primary amides is 1. The van der Waals surface area contributed by atoms with Gasteiger partial charge in [-0.25, -0.2) is 9.97 Å². The Hall–Kier alpha value is -2.50. The highest BCUT2D eigenvalue weighted by Crippen LogP contribution is 2.14. The summed E-state index contributed by atoms with van der Waals surface area (Å²) >= 11 is 0. The molecule has 2 aromatic heterocycles. The normalized spacial score (nSPS) is 10.2. The Labute approximate surface area is 96.5 Å². The molecule has 0 saturated carbocycles. The fourth-order valence-electron chi connectivity index (χ4n) is 1.43. The number of carbonyl (C=O) groups is 1. The van der Waals surface area contributed by atoms with Crippen LogP contribution >= 0.6 is 0 Å². The highest BCUT2D eigenvalue weighted by atomic mass is 16.2. The average Bonchev–Trinajstić information content (AvgIpc) is 2.29. The van der Waals surface area contributed by atoms with E-state index in [4.69, 9.17) is 5.73 Å². The topological polar surface area (TPSA) is 102 Å². The minimum Gasteiger partial charge on any atom is -0.365 e. The van der Waals surface area contributed by atoms with Crippen molar-refractivity contribution in [2.24, 2.45) is 5.73 Å². The van der Waals surface area contributed by atoms with Gasteiger partial charge in [0.05, 0.1) is 5.69 Å². The first-order chi connectivity index (χ1) is 8.08. The monoisotopic (exact) mass is 230 g/mol. The van der Waals surface area contributed by atoms with E-state index in [0.717, 1.165) is 0 Å². The molecule has 0 radical (unpaired) electrons. The molecule has 2 aromatic rings. The highest BCUT2D eigenvalue weighted by molar-refractivity contribution is 5.93. The predicted octanol–water partition coefficient (Wildman–Crippen LogP) is 0.239. The van der Waals surface area contributed by atoms with Crippen molar-refractivity contribution in [1.82, 2.24) is 15.0 Å². The molecule has 0 aliphatic carbocycles. The number of aromatic amines is 1. The van der Waals surface area contributed by atoms with Crippen molar-refractivity contribution < 1.29 is 4.79 Å². The number of aryl methyl sites for hydroxylation is 1. The van der Waals surface area contributed by atoms with E-state index in [9.17, 15) is 9.59 Å². The number of hydrogen-bond donors (Lipinski definition) is 2. The van der Waals surface area contributed by atoms with Crippen LogP contribution in [0.2, 0.25) is 0 Å². The van der Waals surface area contributed by atoms with Gasteiger partial charge in [0, 0.05) is 18.0 Å². The summed E-state index contributed by atoms with van der Waals surface area (Å²) in [7, 11) is 0. The quantitative estimate of drug-likeness (QED) is 0.771. The number of nitrogens with zero attached hydrogens (tertiary/aromatic N) is 2. The number of aromatic nitrogens is 3. The van der Waals surface area contributed by atoms with Crippen LogP contribution in [0.4, 0.5) is 0 Å². The zero-order valence-electron chi connectivity index (χ0n) is 9.10. The van der Waals surface area contributed by atoms with Crippen LogP contribution in [0.1, 0.15) is 16.2 Å². The molecule has 0 spiro atoms. The minimum absolute atomic E-state index is 0.0845. The summed E-state index contributed by atoms with van der Waals surface area (Å²) in [6.45, 7) is 1.75. The van der Waals surface area contributed by atoms with Gasteiger partial charge in [-0.1, -0.05) is 0 Å². The standard InChI is InChI=1S/C11H10N4O2/c1-6-13-3-2-9(15-6)7-4-8(10(12)16)11(17)14-5-7/h2-5H,1H3,(H2,12,16)(H,14,17). The largest absolute Gasteiger partial charge is 0.365 e. The van der Waals surface area contributed by atoms with Gasteiger partial charge in [0.2, 0.25) is 0 Å². The molecule has 0 fully saturated rings. The third-order valence-electron chi connectivity index (χ3n) is 2.24. The molecule has 0 atom stereocenters. The van der Waals surface area contributed by atoms with Gasteiger partial charge in [0.1, 0.15) is 11.4 Å². The summed E-state index contributed by atoms with van der Waals surface area (Å²) in [5.41, 5.74) is 5.74. The smallest absolute Gasteiger partial charge is 0.260 e. The van der Waals surface area contributed by atoms with E-state index in [0.29, 0.717) is 17.1 Å². The lowest BCUT2D eigenvalue weighted by Crippen LogP contribution is -2.23. The Morgan fingerprint density at radius 1 is 1.47 bits per heavy atom. The first kappa shape index (κ1) is 11.0. The zero-order chi connectivity index (χ0) is 12.4. The Balaban J connectivity index is 2.58. The number of nitrogens with two attached hydrogens (primary N) is 1. The maximum Gasteiger partial charge on any atom is 0.260 e. The molecule has 6 nitrogen and oxygen atoms in total. The molecule has 86 valence electrons. The Morgan fingerprint density at radius 3 is 2.88 bits per heavy atom. The number of H-pyrrole nitrogens is 1. The SMILES string of the molecule is Cc1nccc(-c2c[nH]c(=O)c(C(N)=O)c2)n1. The van der Waals surface area contributed by atoms with Crippen LogP contribution in [0, 0.1) is 6.92 Å². The molecular formula is C11H10N4O2. The lowest BCUT2D eigenvalue weighted by atomic mass is 10.1. The van der Waals surface area contributed by atoms with Gasteiger partial charge in [0.15, 0.2) is 0 Å². The lowest BCUT2D eigenvalue weighted by molar-refractivity contribution is 0.0999. The van der Waals surface area contributed by atoms with Gasteiger partial charge < -0.3 is 10.7 Å². The average molecular weight is 230 g/mol. The van der Waals surface area contributed by atoms with Gasteiger partial charge in [0.25, 0.3) is 11.5 Å². The van der Waals surface area contributed by atoms with Crippen LogP contribution < -0.4 is 11.3 Å². The molecule has 0 saturated heterocycles. The maximum atomic E-state index is 11.3. The second-order valence-corrected chi connectivity index (χ2v) is 3.48. The molecule has 0 unspecified atom stereocenters. The Morgan fingerprint density at radius 2 is 2.24 bits per heavy atom. The fraction of sp³-hybridized carbons (Fsp3) is 0.0909. The third kappa shape index (κ3) is 2.20. The van der Waals surface area contributed by atoms with E-state index in [2.05, 4.69) is 15.0 Å². The third-order valence-corrected chi connectivity index (χ3v) is 2.24. The predicted molar refractivity (Wildman–Crippen MR) is 61.3 cm³/mol. The van der Waals surface area contributed by atoms with Crippen LogP contribution in [-0.4, -0.2) is 20.9 Å². The lowest BCUT2D eigenvalue weighted by Gasteiger charge is -2.02. The van der Waals surface area contributed by atoms with Crippen molar-refractivity contribution in [3.8, 4) is 11.3 Å². The van der Waals surface area contributed by atoms with Crippen molar-refractivity contribution in [3.63, 3.8) is 0 Å². The number of pyridine rings is 1. The van der Waals surface area contributed by atoms with Crippen LogP contribution in [0.5, 0.6) is 0 Å². The van der Waals surface area contributed by atoms with Gasteiger partial charge in [-0.15, -0.1) is 0 Å². The van der Waals surface area contributed by atoms with Crippen LogP contribution in [0.3, 0.4) is 0 Å². The minimum atomic E-state index is -0.765. The van der Waals surface area contributed by atoms with Crippen LogP contribution in [0.15, 0.2) is 29.3 Å². The Kier molecular flexibility index (Phi) is 2.70. The molecule has 6 heteroatoms. The number of hydrogen-bond acceptors (Lipinski definition) is 4. The summed E-state index contributed by atoms with van der Waals surface area (Å²) in [5, 5.41) is 0. The van der Waals surface area contributed by atoms with Crippen molar-refractivity contribution in [2.75, 3.05) is 0 Å². The summed E-state index contributed by atoms with van der Waals surface area (Å²) < 4.78 is 0. The second-order valence-electron chi connectivity index (χ2n) is 3.48. The van der Waals surface area contributed by atoms with Crippen LogP contribution in [0.25, 0.3) is 11.3 Å². The molecule has 0 aromatic carbocycles. The summed E-state index contributed by atoms with van der Waals surface area (Å²) in [4.78, 5) is 33.0. The van der Waals surface area contributed by atoms with E-state index in [1.807, 2.05) is 0 Å². The van der Waals surface area contributed by atoms with Gasteiger partial charge in [-0.2, -0.15) is 0 Å². The first-order valence-corrected chi connectivity index (χ1v) is 4.90. The number of nitrogens with one attached hydrogen (secondary N) is 1. The number of amides is 1. The molecule has 17 heavy (non-hydrogen) atoms. The van der Waals surface area contributed by atoms with E-state index < -0.39 is 11.5 Å². The summed E-state index contributed by atoms with van der Waals surface area (Å²) in [6, 6.07) is 3.11. The van der Waals surface area contributed by atoms with E-state index >= 15 is 0 Å². The van der Waals surface area contributed by atoms with Crippen molar-refractivity contribution in [1.29, 1.82) is 0 Å². The molecule has 1 amide bonds. The number of rotatable bonds is 2. The molecule has 0 aliphatic heterocycles.